The van der Waals surface area contributed by atoms with Gasteiger partial charge in [0.1, 0.15) is 35.7 Å². The maximum absolute atomic E-state index is 14.3. The largest absolute Gasteiger partial charge is 0.508 e. The summed E-state index contributed by atoms with van der Waals surface area (Å²) in [7, 11) is 4.31. The summed E-state index contributed by atoms with van der Waals surface area (Å²) < 4.78 is 23.7. The highest BCUT2D eigenvalue weighted by Gasteiger charge is 2.64. The number of imide groups is 2. The van der Waals surface area contributed by atoms with Gasteiger partial charge in [-0.15, -0.1) is 11.8 Å². The first-order chi connectivity index (χ1) is 41.5. The van der Waals surface area contributed by atoms with Gasteiger partial charge in [-0.2, -0.15) is 0 Å². The molecular formula is C58H78N10O19S. The molecule has 12 amide bonds. The zero-order chi connectivity index (χ0) is 64.8. The van der Waals surface area contributed by atoms with E-state index in [9.17, 15) is 72.5 Å². The lowest BCUT2D eigenvalue weighted by Gasteiger charge is -2.42. The molecule has 9 atom stereocenters. The van der Waals surface area contributed by atoms with E-state index in [4.69, 9.17) is 18.9 Å². The first-order valence-electron chi connectivity index (χ1n) is 28.7. The molecule has 4 bridgehead atoms. The second-order valence-corrected chi connectivity index (χ2v) is 23.6. The number of alkyl carbamates (subject to hydrolysis) is 1. The van der Waals surface area contributed by atoms with Gasteiger partial charge in [0, 0.05) is 109 Å². The molecule has 0 aliphatic carbocycles. The number of methoxy groups -OCH3 is 1. The number of likely N-dealkylation sites (N-methyl/N-ethyl adjacent to an activating group) is 1. The third-order valence-electron chi connectivity index (χ3n) is 15.8. The average molecular weight is 1250 g/mol. The van der Waals surface area contributed by atoms with Crippen LogP contribution < -0.4 is 36.8 Å². The molecule has 6 rings (SSSR count). The third-order valence-corrected chi connectivity index (χ3v) is 17.0. The van der Waals surface area contributed by atoms with Gasteiger partial charge < -0.3 is 65.5 Å². The summed E-state index contributed by atoms with van der Waals surface area (Å²) in [6.45, 7) is 6.74. The van der Waals surface area contributed by atoms with Crippen LogP contribution >= 0.6 is 11.8 Å². The van der Waals surface area contributed by atoms with Crippen LogP contribution in [0.5, 0.6) is 5.75 Å². The van der Waals surface area contributed by atoms with Gasteiger partial charge in [-0.3, -0.25) is 67.9 Å². The van der Waals surface area contributed by atoms with Gasteiger partial charge in [-0.1, -0.05) is 30.7 Å². The van der Waals surface area contributed by atoms with Gasteiger partial charge in [0.05, 0.1) is 43.1 Å². The van der Waals surface area contributed by atoms with Gasteiger partial charge in [-0.05, 0) is 58.2 Å². The predicted octanol–water partition coefficient (Wildman–Crippen LogP) is -1.21. The van der Waals surface area contributed by atoms with Crippen LogP contribution in [0.25, 0.3) is 0 Å². The SMILES string of the molecule is COC1/C=C/C=C(\C)Cc2cc(O)c(C)c(c2)N(C)C(=O)CC(OC(=O)C(C)N(C)C(=O)CCSC2CC(=O)N(CCCC(=O)NCC(=O)NCC(=O)NCC(=O)NCCC(=O)NCCN3C(=O)C=CC3=O)C2=O)C2(C)OC2C(C)C2CC1(O)NC(=O)O2. The number of fused-ring (bicyclic) bond motifs is 5. The van der Waals surface area contributed by atoms with Crippen molar-refractivity contribution in [2.75, 3.05) is 77.7 Å². The highest BCUT2D eigenvalue weighted by molar-refractivity contribution is 8.00. The highest BCUT2D eigenvalue weighted by atomic mass is 32.2. The molecule has 0 radical (unpaired) electrons. The van der Waals surface area contributed by atoms with Crippen molar-refractivity contribution < 1.29 is 91.5 Å². The van der Waals surface area contributed by atoms with Crippen molar-refractivity contribution in [3.8, 4) is 5.75 Å². The molecule has 3 fully saturated rings. The van der Waals surface area contributed by atoms with Crippen LogP contribution in [0.4, 0.5) is 10.5 Å². The molecule has 0 saturated carbocycles. The number of hydrogen-bond acceptors (Lipinski definition) is 20. The summed E-state index contributed by atoms with van der Waals surface area (Å²) in [6.07, 6.45) is 1.72. The summed E-state index contributed by atoms with van der Waals surface area (Å²) in [5.41, 5.74) is -0.906. The second-order valence-electron chi connectivity index (χ2n) is 22.3. The summed E-state index contributed by atoms with van der Waals surface area (Å²) in [5, 5.41) is 36.4. The van der Waals surface area contributed by atoms with E-state index in [1.807, 2.05) is 6.92 Å². The lowest BCUT2D eigenvalue weighted by atomic mass is 9.83. The normalized spacial score (nSPS) is 25.7. The van der Waals surface area contributed by atoms with E-state index in [1.54, 1.807) is 51.1 Å². The Kier molecular flexibility index (Phi) is 24.0. The van der Waals surface area contributed by atoms with E-state index in [-0.39, 0.29) is 76.2 Å². The molecule has 1 aromatic rings. The quantitative estimate of drug-likeness (QED) is 0.0342. The summed E-state index contributed by atoms with van der Waals surface area (Å²) in [6, 6.07) is 2.17. The van der Waals surface area contributed by atoms with E-state index in [1.165, 1.54) is 33.0 Å². The third kappa shape index (κ3) is 18.2. The Balaban J connectivity index is 0.925. The van der Waals surface area contributed by atoms with Crippen molar-refractivity contribution >= 4 is 94.5 Å². The van der Waals surface area contributed by atoms with Crippen LogP contribution in [-0.4, -0.2) is 222 Å². The molecule has 88 heavy (non-hydrogen) atoms. The minimum absolute atomic E-state index is 0.00946. The van der Waals surface area contributed by atoms with Gasteiger partial charge in [0.25, 0.3) is 11.8 Å². The van der Waals surface area contributed by atoms with Crippen molar-refractivity contribution in [1.29, 1.82) is 0 Å². The number of carbonyl (C=O) groups excluding carboxylic acids is 13. The number of rotatable bonds is 24. The number of allylic oxidation sites excluding steroid dienone is 3. The molecule has 480 valence electrons. The molecule has 29 nitrogen and oxygen atoms in total. The lowest BCUT2D eigenvalue weighted by Crippen LogP contribution is -2.63. The van der Waals surface area contributed by atoms with Gasteiger partial charge in [0.15, 0.2) is 5.72 Å². The second kappa shape index (κ2) is 30.6. The van der Waals surface area contributed by atoms with Gasteiger partial charge in [-0.25, -0.2) is 9.59 Å². The zero-order valence-corrected chi connectivity index (χ0v) is 51.2. The van der Waals surface area contributed by atoms with E-state index >= 15 is 0 Å². The van der Waals surface area contributed by atoms with Crippen LogP contribution in [0.15, 0.2) is 48.1 Å². The van der Waals surface area contributed by atoms with Crippen molar-refractivity contribution in [2.24, 2.45) is 5.92 Å². The zero-order valence-electron chi connectivity index (χ0n) is 50.4. The maximum Gasteiger partial charge on any atom is 0.409 e. The Morgan fingerprint density at radius 3 is 2.12 bits per heavy atom. The Morgan fingerprint density at radius 1 is 0.841 bits per heavy atom. The van der Waals surface area contributed by atoms with Crippen molar-refractivity contribution in [1.82, 2.24) is 46.6 Å². The first kappa shape index (κ1) is 68.9. The van der Waals surface area contributed by atoms with Crippen LogP contribution in [0.2, 0.25) is 0 Å². The molecule has 5 aliphatic heterocycles. The molecule has 0 spiro atoms. The number of benzene rings is 1. The van der Waals surface area contributed by atoms with Crippen LogP contribution in [0.1, 0.15) is 83.8 Å². The fourth-order valence-electron chi connectivity index (χ4n) is 10.3. The molecule has 5 aliphatic rings. The highest BCUT2D eigenvalue weighted by Crippen LogP contribution is 2.49. The van der Waals surface area contributed by atoms with E-state index in [2.05, 4.69) is 31.9 Å². The number of esters is 1. The topological polar surface area (TPSA) is 388 Å². The number of anilines is 1. The fourth-order valence-corrected chi connectivity index (χ4v) is 11.4. The molecule has 5 heterocycles. The summed E-state index contributed by atoms with van der Waals surface area (Å²) in [4.78, 5) is 170. The number of epoxide rings is 1. The number of aliphatic hydroxyl groups is 1. The Bertz CT molecular complexity index is 2990. The minimum Gasteiger partial charge on any atom is -0.508 e. The molecular weight excluding hydrogens is 1170 g/mol. The van der Waals surface area contributed by atoms with Crippen molar-refractivity contribution in [3.63, 3.8) is 0 Å². The molecule has 30 heteroatoms. The number of aromatic hydroxyl groups is 1. The monoisotopic (exact) mass is 1250 g/mol. The molecule has 8 N–H and O–H groups in total. The van der Waals surface area contributed by atoms with E-state index < -0.39 is 156 Å². The molecule has 1 aromatic carbocycles. The number of thioether (sulfide) groups is 1. The maximum atomic E-state index is 14.3. The molecule has 3 saturated heterocycles. The Labute approximate surface area is 512 Å². The number of amides is 12. The number of nitrogens with one attached hydrogen (secondary N) is 6. The summed E-state index contributed by atoms with van der Waals surface area (Å²) in [5.74, 6) is -7.51. The average Bonchev–Trinajstić information content (AvgIpc) is 1.77. The Morgan fingerprint density at radius 2 is 1.47 bits per heavy atom. The number of ether oxygens (including phenoxy) is 4. The lowest BCUT2D eigenvalue weighted by molar-refractivity contribution is -0.162. The number of phenols is 1. The predicted molar refractivity (Wildman–Crippen MR) is 313 cm³/mol. The standard InChI is InChI=1S/C58H78N10O19S/c1-32-11-9-12-41(84-8)58(83)28-39(85-56(82)64-58)34(3)53-57(5,87-53)42(27-51(78)66(7)37-24-36(23-32)25-38(69)33(37)2)86-55(81)35(4)65(6)48(75)17-22-88-40-26-52(79)68(54(40)80)20-10-13-43(70)61-30-46(73)63-31-47(74)62-29-45(72)59-18-16-44(71)60-19-21-67-49(76)14-15-50(67)77/h9,11-12,14-15,24-25,34-35,39-42,53,69,83H,10,13,16-23,26-31H2,1-8H3,(H,59,72)(H,60,71)(H,61,70)(H,62,74)(H,63,73)(H,64,82)/b12-9+,32-11+. The Hall–Kier alpha value is -8.22. The van der Waals surface area contributed by atoms with Crippen LogP contribution in [0, 0.1) is 12.8 Å². The number of nitrogens with zero attached hydrogens (tertiary/aromatic N) is 4. The van der Waals surface area contributed by atoms with Crippen molar-refractivity contribution in [3.05, 3.63) is 59.2 Å². The van der Waals surface area contributed by atoms with E-state index in [0.29, 0.717) is 23.2 Å². The molecule has 9 unspecified atom stereocenters. The minimum atomic E-state index is -1.92. The van der Waals surface area contributed by atoms with Gasteiger partial charge >= 0.3 is 12.1 Å². The van der Waals surface area contributed by atoms with Crippen molar-refractivity contribution in [2.45, 2.75) is 133 Å². The fraction of sp³-hybridized carbons (Fsp3) is 0.569. The number of likely N-dealkylation sites (tertiary alicyclic amines) is 1. The molecule has 0 aromatic heterocycles. The van der Waals surface area contributed by atoms with Crippen LogP contribution in [0.3, 0.4) is 0 Å². The summed E-state index contributed by atoms with van der Waals surface area (Å²) >= 11 is 1.08. The number of carbonyl (C=O) groups is 13. The smallest absolute Gasteiger partial charge is 0.409 e. The van der Waals surface area contributed by atoms with Gasteiger partial charge in [0.2, 0.25) is 53.2 Å². The van der Waals surface area contributed by atoms with Crippen LogP contribution in [-0.2, 0) is 82.9 Å². The first-order valence-corrected chi connectivity index (χ1v) is 29.7. The van der Waals surface area contributed by atoms with E-state index in [0.717, 1.165) is 44.2 Å². The number of phenolic OH excluding ortho intramolecular Hbond substituents is 1. The number of hydrogen-bond donors (Lipinski definition) is 8.